The van der Waals surface area contributed by atoms with Crippen LogP contribution < -0.4 is 4.74 Å². The van der Waals surface area contributed by atoms with Crippen molar-refractivity contribution in [3.8, 4) is 5.75 Å². The van der Waals surface area contributed by atoms with Crippen LogP contribution in [-0.2, 0) is 0 Å². The van der Waals surface area contributed by atoms with Gasteiger partial charge >= 0.3 is 0 Å². The number of carbonyl (C=O) groups is 1. The standard InChI is InChI=1S/C18H26FNO3/c1-12(2)11-15(21)13-7-9-20(10-8-13)18(22)17-14(19)5-4-6-16(17)23-3/h4-6,12-13,15,21H,7-11H2,1-3H3. The van der Waals surface area contributed by atoms with Crippen molar-refractivity contribution in [1.82, 2.24) is 4.90 Å². The summed E-state index contributed by atoms with van der Waals surface area (Å²) in [6, 6.07) is 4.39. The topological polar surface area (TPSA) is 49.8 Å². The molecule has 128 valence electrons. The van der Waals surface area contributed by atoms with Crippen LogP contribution >= 0.6 is 0 Å². The summed E-state index contributed by atoms with van der Waals surface area (Å²) in [5.74, 6) is 0.0290. The van der Waals surface area contributed by atoms with Crippen molar-refractivity contribution in [2.24, 2.45) is 11.8 Å². The van der Waals surface area contributed by atoms with Crippen LogP contribution in [0.15, 0.2) is 18.2 Å². The molecule has 0 aromatic heterocycles. The van der Waals surface area contributed by atoms with Gasteiger partial charge in [-0.1, -0.05) is 19.9 Å². The molecule has 0 bridgehead atoms. The second-order valence-corrected chi connectivity index (χ2v) is 6.64. The van der Waals surface area contributed by atoms with E-state index in [1.165, 1.54) is 19.2 Å². The van der Waals surface area contributed by atoms with E-state index in [1.807, 2.05) is 0 Å². The number of rotatable bonds is 5. The molecule has 0 radical (unpaired) electrons. The van der Waals surface area contributed by atoms with Crippen molar-refractivity contribution in [3.63, 3.8) is 0 Å². The Kier molecular flexibility index (Phi) is 5.99. The number of halogens is 1. The molecule has 1 amide bonds. The van der Waals surface area contributed by atoms with Gasteiger partial charge < -0.3 is 14.7 Å². The third-order valence-electron chi connectivity index (χ3n) is 4.49. The summed E-state index contributed by atoms with van der Waals surface area (Å²) in [7, 11) is 1.43. The number of hydrogen-bond acceptors (Lipinski definition) is 3. The van der Waals surface area contributed by atoms with E-state index in [0.717, 1.165) is 19.3 Å². The van der Waals surface area contributed by atoms with Gasteiger partial charge in [-0.25, -0.2) is 4.39 Å². The van der Waals surface area contributed by atoms with Crippen LogP contribution in [0.5, 0.6) is 5.75 Å². The second-order valence-electron chi connectivity index (χ2n) is 6.64. The average Bonchev–Trinajstić information content (AvgIpc) is 2.53. The lowest BCUT2D eigenvalue weighted by molar-refractivity contribution is 0.0381. The number of likely N-dealkylation sites (tertiary alicyclic amines) is 1. The Morgan fingerprint density at radius 1 is 1.39 bits per heavy atom. The van der Waals surface area contributed by atoms with Crippen LogP contribution in [-0.4, -0.2) is 42.2 Å². The largest absolute Gasteiger partial charge is 0.496 e. The molecule has 0 spiro atoms. The maximum absolute atomic E-state index is 14.0. The Bertz CT molecular complexity index is 539. The smallest absolute Gasteiger partial charge is 0.260 e. The SMILES string of the molecule is COc1cccc(F)c1C(=O)N1CCC(C(O)CC(C)C)CC1. The maximum Gasteiger partial charge on any atom is 0.260 e. The number of nitrogens with zero attached hydrogens (tertiary/aromatic N) is 1. The number of benzene rings is 1. The third-order valence-corrected chi connectivity index (χ3v) is 4.49. The first-order valence-electron chi connectivity index (χ1n) is 8.23. The zero-order valence-electron chi connectivity index (χ0n) is 14.1. The van der Waals surface area contributed by atoms with Gasteiger partial charge in [-0.05, 0) is 43.2 Å². The number of hydrogen-bond donors (Lipinski definition) is 1. The predicted molar refractivity (Wildman–Crippen MR) is 87.0 cm³/mol. The van der Waals surface area contributed by atoms with E-state index >= 15 is 0 Å². The molecule has 1 saturated heterocycles. The van der Waals surface area contributed by atoms with Crippen molar-refractivity contribution in [2.45, 2.75) is 39.2 Å². The fourth-order valence-corrected chi connectivity index (χ4v) is 3.20. The van der Waals surface area contributed by atoms with Crippen LogP contribution in [0, 0.1) is 17.7 Å². The number of aliphatic hydroxyl groups excluding tert-OH is 1. The summed E-state index contributed by atoms with van der Waals surface area (Å²) >= 11 is 0. The third kappa shape index (κ3) is 4.22. The maximum atomic E-state index is 14.0. The highest BCUT2D eigenvalue weighted by Crippen LogP contribution is 2.28. The first-order valence-corrected chi connectivity index (χ1v) is 8.23. The van der Waals surface area contributed by atoms with Gasteiger partial charge in [0.1, 0.15) is 17.1 Å². The molecule has 1 fully saturated rings. The molecule has 1 N–H and O–H groups in total. The number of aliphatic hydroxyl groups is 1. The van der Waals surface area contributed by atoms with E-state index in [2.05, 4.69) is 13.8 Å². The summed E-state index contributed by atoms with van der Waals surface area (Å²) in [5, 5.41) is 10.2. The molecular formula is C18H26FNO3. The highest BCUT2D eigenvalue weighted by atomic mass is 19.1. The van der Waals surface area contributed by atoms with E-state index in [-0.39, 0.29) is 29.2 Å². The molecule has 5 heteroatoms. The first kappa shape index (κ1) is 17.7. The predicted octanol–water partition coefficient (Wildman–Crippen LogP) is 3.09. The molecule has 1 aliphatic rings. The molecule has 1 unspecified atom stereocenters. The summed E-state index contributed by atoms with van der Waals surface area (Å²) in [5.41, 5.74) is -0.00354. The van der Waals surface area contributed by atoms with Gasteiger partial charge in [-0.15, -0.1) is 0 Å². The van der Waals surface area contributed by atoms with Crippen LogP contribution in [0.2, 0.25) is 0 Å². The number of ether oxygens (including phenoxy) is 1. The highest BCUT2D eigenvalue weighted by molar-refractivity contribution is 5.97. The van der Waals surface area contributed by atoms with E-state index in [9.17, 15) is 14.3 Å². The Morgan fingerprint density at radius 2 is 2.04 bits per heavy atom. The summed E-state index contributed by atoms with van der Waals surface area (Å²) in [4.78, 5) is 14.3. The normalized spacial score (nSPS) is 17.4. The summed E-state index contributed by atoms with van der Waals surface area (Å²) in [6.45, 7) is 5.25. The fourth-order valence-electron chi connectivity index (χ4n) is 3.20. The Hall–Kier alpha value is -1.62. The van der Waals surface area contributed by atoms with Crippen molar-refractivity contribution in [1.29, 1.82) is 0 Å². The average molecular weight is 323 g/mol. The fraction of sp³-hybridized carbons (Fsp3) is 0.611. The van der Waals surface area contributed by atoms with Gasteiger partial charge in [-0.2, -0.15) is 0 Å². The molecule has 1 aromatic rings. The zero-order chi connectivity index (χ0) is 17.0. The molecule has 0 aliphatic carbocycles. The van der Waals surface area contributed by atoms with Crippen LogP contribution in [0.4, 0.5) is 4.39 Å². The summed E-state index contributed by atoms with van der Waals surface area (Å²) < 4.78 is 19.1. The lowest BCUT2D eigenvalue weighted by atomic mass is 9.87. The van der Waals surface area contributed by atoms with Crippen molar-refractivity contribution >= 4 is 5.91 Å². The number of piperidine rings is 1. The van der Waals surface area contributed by atoms with Crippen molar-refractivity contribution in [2.75, 3.05) is 20.2 Å². The molecule has 1 atom stereocenters. The van der Waals surface area contributed by atoms with Gasteiger partial charge in [-0.3, -0.25) is 4.79 Å². The van der Waals surface area contributed by atoms with E-state index in [0.29, 0.717) is 19.0 Å². The minimum Gasteiger partial charge on any atom is -0.496 e. The molecule has 2 rings (SSSR count). The van der Waals surface area contributed by atoms with Gasteiger partial charge in [0.25, 0.3) is 5.91 Å². The number of carbonyl (C=O) groups excluding carboxylic acids is 1. The second kappa shape index (κ2) is 7.77. The van der Waals surface area contributed by atoms with Crippen molar-refractivity contribution in [3.05, 3.63) is 29.6 Å². The van der Waals surface area contributed by atoms with E-state index in [4.69, 9.17) is 4.74 Å². The van der Waals surface area contributed by atoms with Gasteiger partial charge in [0, 0.05) is 13.1 Å². The minimum absolute atomic E-state index is 0.00354. The van der Waals surface area contributed by atoms with Crippen LogP contribution in [0.25, 0.3) is 0 Å². The number of methoxy groups -OCH3 is 1. The van der Waals surface area contributed by atoms with E-state index in [1.54, 1.807) is 11.0 Å². The number of amides is 1. The molecule has 1 heterocycles. The zero-order valence-corrected chi connectivity index (χ0v) is 14.1. The summed E-state index contributed by atoms with van der Waals surface area (Å²) in [6.07, 6.45) is 1.95. The Morgan fingerprint density at radius 3 is 2.61 bits per heavy atom. The monoisotopic (exact) mass is 323 g/mol. The van der Waals surface area contributed by atoms with Gasteiger partial charge in [0.05, 0.1) is 13.2 Å². The van der Waals surface area contributed by atoms with Crippen LogP contribution in [0.1, 0.15) is 43.5 Å². The van der Waals surface area contributed by atoms with Crippen molar-refractivity contribution < 1.29 is 19.0 Å². The van der Waals surface area contributed by atoms with Gasteiger partial charge in [0.2, 0.25) is 0 Å². The molecule has 0 saturated carbocycles. The lowest BCUT2D eigenvalue weighted by Gasteiger charge is -2.35. The first-order chi connectivity index (χ1) is 10.9. The quantitative estimate of drug-likeness (QED) is 0.906. The molecule has 23 heavy (non-hydrogen) atoms. The van der Waals surface area contributed by atoms with Gasteiger partial charge in [0.15, 0.2) is 0 Å². The molecule has 1 aromatic carbocycles. The Labute approximate surface area is 137 Å². The molecule has 1 aliphatic heterocycles. The molecular weight excluding hydrogens is 297 g/mol. The van der Waals surface area contributed by atoms with Crippen LogP contribution in [0.3, 0.4) is 0 Å². The highest BCUT2D eigenvalue weighted by Gasteiger charge is 2.30. The van der Waals surface area contributed by atoms with E-state index < -0.39 is 5.82 Å². The molecule has 4 nitrogen and oxygen atoms in total. The lowest BCUT2D eigenvalue weighted by Crippen LogP contribution is -2.41. The minimum atomic E-state index is -0.559. The Balaban J connectivity index is 2.02.